The minimum atomic E-state index is -0.541. The van der Waals surface area contributed by atoms with E-state index in [-0.39, 0.29) is 5.91 Å². The number of anilines is 1. The van der Waals surface area contributed by atoms with Gasteiger partial charge in [-0.25, -0.2) is 4.79 Å². The third-order valence-electron chi connectivity index (χ3n) is 2.52. The number of ether oxygens (including phenoxy) is 1. The molecule has 0 aliphatic carbocycles. The highest BCUT2D eigenvalue weighted by molar-refractivity contribution is 6.30. The lowest BCUT2D eigenvalue weighted by atomic mass is 10.2. The van der Waals surface area contributed by atoms with E-state index in [2.05, 4.69) is 5.32 Å². The zero-order valence-electron chi connectivity index (χ0n) is 12.8. The summed E-state index contributed by atoms with van der Waals surface area (Å²) in [5.41, 5.74) is 0.193. The van der Waals surface area contributed by atoms with Gasteiger partial charge >= 0.3 is 6.09 Å². The Bertz CT molecular complexity index is 495. The van der Waals surface area contributed by atoms with Crippen LogP contribution >= 0.6 is 11.6 Å². The van der Waals surface area contributed by atoms with Gasteiger partial charge in [-0.05, 0) is 45.0 Å². The highest BCUT2D eigenvalue weighted by atomic mass is 35.5. The number of carbonyl (C=O) groups is 2. The molecule has 1 N–H and O–H groups in total. The minimum Gasteiger partial charge on any atom is -0.444 e. The molecule has 0 radical (unpaired) electrons. The van der Waals surface area contributed by atoms with Crippen LogP contribution in [0.4, 0.5) is 10.5 Å². The molecular formula is C15H21ClN2O3. The van der Waals surface area contributed by atoms with E-state index in [9.17, 15) is 9.59 Å². The van der Waals surface area contributed by atoms with Crippen LogP contribution in [0, 0.1) is 0 Å². The maximum atomic E-state index is 11.7. The highest BCUT2D eigenvalue weighted by Gasteiger charge is 2.16. The molecular weight excluding hydrogens is 292 g/mol. The molecule has 6 heteroatoms. The Hall–Kier alpha value is -1.75. The standard InChI is InChI=1S/C15H21ClN2O3/c1-11(19)18(13-7-5-12(16)6-8-13)10-9-17-14(20)21-15(2,3)4/h5-8H,9-10H2,1-4H3,(H,17,20). The molecule has 1 aromatic rings. The molecule has 21 heavy (non-hydrogen) atoms. The van der Waals surface area contributed by atoms with Crippen LogP contribution in [-0.2, 0) is 9.53 Å². The minimum absolute atomic E-state index is 0.108. The second-order valence-electron chi connectivity index (χ2n) is 5.58. The number of nitrogens with zero attached hydrogens (tertiary/aromatic N) is 1. The third-order valence-corrected chi connectivity index (χ3v) is 2.77. The van der Waals surface area contributed by atoms with Crippen LogP contribution in [-0.4, -0.2) is 30.7 Å². The normalized spacial score (nSPS) is 10.9. The van der Waals surface area contributed by atoms with E-state index < -0.39 is 11.7 Å². The molecule has 5 nitrogen and oxygen atoms in total. The molecule has 0 unspecified atom stereocenters. The van der Waals surface area contributed by atoms with E-state index in [0.29, 0.717) is 18.1 Å². The van der Waals surface area contributed by atoms with Gasteiger partial charge < -0.3 is 15.0 Å². The molecule has 0 saturated heterocycles. The zero-order chi connectivity index (χ0) is 16.0. The largest absolute Gasteiger partial charge is 0.444 e. The van der Waals surface area contributed by atoms with E-state index in [4.69, 9.17) is 16.3 Å². The molecule has 0 aliphatic rings. The lowest BCUT2D eigenvalue weighted by Crippen LogP contribution is -2.39. The Balaban J connectivity index is 2.55. The van der Waals surface area contributed by atoms with Gasteiger partial charge in [-0.2, -0.15) is 0 Å². The summed E-state index contributed by atoms with van der Waals surface area (Å²) in [6.07, 6.45) is -0.498. The molecule has 0 atom stereocenters. The average molecular weight is 313 g/mol. The summed E-state index contributed by atoms with van der Waals surface area (Å²) >= 11 is 5.83. The first kappa shape index (κ1) is 17.3. The van der Waals surface area contributed by atoms with Gasteiger partial charge in [0.15, 0.2) is 0 Å². The molecule has 0 saturated carbocycles. The number of carbonyl (C=O) groups excluding carboxylic acids is 2. The smallest absolute Gasteiger partial charge is 0.407 e. The molecule has 0 aromatic heterocycles. The first-order valence-corrected chi connectivity index (χ1v) is 7.07. The van der Waals surface area contributed by atoms with Crippen LogP contribution < -0.4 is 10.2 Å². The first-order chi connectivity index (χ1) is 9.69. The van der Waals surface area contributed by atoms with Crippen LogP contribution in [0.1, 0.15) is 27.7 Å². The zero-order valence-corrected chi connectivity index (χ0v) is 13.5. The number of halogens is 1. The van der Waals surface area contributed by atoms with E-state index in [1.165, 1.54) is 6.92 Å². The Morgan fingerprint density at radius 1 is 1.24 bits per heavy atom. The van der Waals surface area contributed by atoms with Gasteiger partial charge in [0.05, 0.1) is 0 Å². The van der Waals surface area contributed by atoms with Crippen molar-refractivity contribution in [3.8, 4) is 0 Å². The van der Waals surface area contributed by atoms with Crippen molar-refractivity contribution < 1.29 is 14.3 Å². The molecule has 1 aromatic carbocycles. The third kappa shape index (κ3) is 6.49. The second kappa shape index (κ2) is 7.31. The molecule has 0 fully saturated rings. The molecule has 0 spiro atoms. The van der Waals surface area contributed by atoms with Crippen molar-refractivity contribution in [3.05, 3.63) is 29.3 Å². The van der Waals surface area contributed by atoms with Gasteiger partial charge in [0.25, 0.3) is 0 Å². The van der Waals surface area contributed by atoms with Crippen molar-refractivity contribution in [1.29, 1.82) is 0 Å². The van der Waals surface area contributed by atoms with Crippen LogP contribution in [0.3, 0.4) is 0 Å². The van der Waals surface area contributed by atoms with Crippen molar-refractivity contribution in [3.63, 3.8) is 0 Å². The molecule has 0 bridgehead atoms. The lowest BCUT2D eigenvalue weighted by molar-refractivity contribution is -0.116. The van der Waals surface area contributed by atoms with Gasteiger partial charge in [0.1, 0.15) is 5.60 Å². The number of benzene rings is 1. The van der Waals surface area contributed by atoms with Gasteiger partial charge in [-0.15, -0.1) is 0 Å². The maximum absolute atomic E-state index is 11.7. The van der Waals surface area contributed by atoms with Crippen molar-refractivity contribution >= 4 is 29.3 Å². The van der Waals surface area contributed by atoms with Crippen molar-refractivity contribution in [2.45, 2.75) is 33.3 Å². The number of alkyl carbamates (subject to hydrolysis) is 1. The van der Waals surface area contributed by atoms with Crippen LogP contribution in [0.25, 0.3) is 0 Å². The average Bonchev–Trinajstić information content (AvgIpc) is 2.33. The fraction of sp³-hybridized carbons (Fsp3) is 0.467. The number of hydrogen-bond acceptors (Lipinski definition) is 3. The summed E-state index contributed by atoms with van der Waals surface area (Å²) in [6.45, 7) is 7.52. The van der Waals surface area contributed by atoms with Gasteiger partial charge in [0.2, 0.25) is 5.91 Å². The SMILES string of the molecule is CC(=O)N(CCNC(=O)OC(C)(C)C)c1ccc(Cl)cc1. The summed E-state index contributed by atoms with van der Waals surface area (Å²) in [7, 11) is 0. The quantitative estimate of drug-likeness (QED) is 0.928. The van der Waals surface area contributed by atoms with Crippen molar-refractivity contribution in [1.82, 2.24) is 5.32 Å². The molecule has 0 heterocycles. The summed E-state index contributed by atoms with van der Waals surface area (Å²) in [5, 5.41) is 3.23. The Morgan fingerprint density at radius 2 is 1.81 bits per heavy atom. The molecule has 116 valence electrons. The fourth-order valence-corrected chi connectivity index (χ4v) is 1.80. The van der Waals surface area contributed by atoms with E-state index in [1.807, 2.05) is 0 Å². The predicted octanol–water partition coefficient (Wildman–Crippen LogP) is 3.22. The van der Waals surface area contributed by atoms with Gasteiger partial charge in [-0.3, -0.25) is 4.79 Å². The second-order valence-corrected chi connectivity index (χ2v) is 6.01. The summed E-state index contributed by atoms with van der Waals surface area (Å²) in [6, 6.07) is 6.96. The number of hydrogen-bond donors (Lipinski definition) is 1. The molecule has 0 aliphatic heterocycles. The van der Waals surface area contributed by atoms with Crippen LogP contribution in [0.5, 0.6) is 0 Å². The van der Waals surface area contributed by atoms with Crippen molar-refractivity contribution in [2.24, 2.45) is 0 Å². The van der Waals surface area contributed by atoms with Crippen LogP contribution in [0.15, 0.2) is 24.3 Å². The number of rotatable bonds is 4. The van der Waals surface area contributed by atoms with Gasteiger partial charge in [0, 0.05) is 30.7 Å². The summed E-state index contributed by atoms with van der Waals surface area (Å²) in [5.74, 6) is -0.108. The Kier molecular flexibility index (Phi) is 6.03. The fourth-order valence-electron chi connectivity index (χ4n) is 1.67. The summed E-state index contributed by atoms with van der Waals surface area (Å²) < 4.78 is 5.13. The summed E-state index contributed by atoms with van der Waals surface area (Å²) in [4.78, 5) is 24.8. The van der Waals surface area contributed by atoms with Crippen LogP contribution in [0.2, 0.25) is 5.02 Å². The Morgan fingerprint density at radius 3 is 2.29 bits per heavy atom. The maximum Gasteiger partial charge on any atom is 0.407 e. The van der Waals surface area contributed by atoms with Crippen molar-refractivity contribution in [2.75, 3.05) is 18.0 Å². The monoisotopic (exact) mass is 312 g/mol. The number of nitrogens with one attached hydrogen (secondary N) is 1. The van der Waals surface area contributed by atoms with E-state index in [0.717, 1.165) is 5.69 Å². The van der Waals surface area contributed by atoms with E-state index in [1.54, 1.807) is 49.9 Å². The topological polar surface area (TPSA) is 58.6 Å². The lowest BCUT2D eigenvalue weighted by Gasteiger charge is -2.23. The van der Waals surface area contributed by atoms with Gasteiger partial charge in [-0.1, -0.05) is 11.6 Å². The predicted molar refractivity (Wildman–Crippen MR) is 83.7 cm³/mol. The first-order valence-electron chi connectivity index (χ1n) is 6.69. The highest BCUT2D eigenvalue weighted by Crippen LogP contribution is 2.17. The van der Waals surface area contributed by atoms with E-state index >= 15 is 0 Å². The number of amides is 2. The molecule has 1 rings (SSSR count). The Labute approximate surface area is 130 Å². The molecule has 2 amide bonds.